The molecule has 5 nitrogen and oxygen atoms in total. The van der Waals surface area contributed by atoms with E-state index < -0.39 is 6.04 Å². The second-order valence-corrected chi connectivity index (χ2v) is 6.67. The number of amides is 2. The van der Waals surface area contributed by atoms with Gasteiger partial charge in [-0.1, -0.05) is 20.3 Å². The molecule has 21 heavy (non-hydrogen) atoms. The van der Waals surface area contributed by atoms with Gasteiger partial charge in [-0.3, -0.25) is 9.59 Å². The highest BCUT2D eigenvalue weighted by atomic mass is 16.2. The highest BCUT2D eigenvalue weighted by molar-refractivity contribution is 5.87. The quantitative estimate of drug-likeness (QED) is 0.749. The van der Waals surface area contributed by atoms with Crippen LogP contribution in [0.25, 0.3) is 0 Å². The van der Waals surface area contributed by atoms with E-state index in [4.69, 9.17) is 0 Å². The van der Waals surface area contributed by atoms with Crippen molar-refractivity contribution >= 4 is 11.8 Å². The fraction of sp³-hybridized carbons (Fsp3) is 0.875. The molecule has 0 aliphatic carbocycles. The lowest BCUT2D eigenvalue weighted by atomic mass is 9.99. The molecule has 1 aliphatic heterocycles. The molecule has 1 fully saturated rings. The third-order valence-electron chi connectivity index (χ3n) is 3.91. The van der Waals surface area contributed by atoms with E-state index in [1.807, 2.05) is 0 Å². The van der Waals surface area contributed by atoms with Crippen LogP contribution < -0.4 is 10.6 Å². The predicted molar refractivity (Wildman–Crippen MR) is 85.0 cm³/mol. The maximum absolute atomic E-state index is 12.1. The average Bonchev–Trinajstić information content (AvgIpc) is 2.44. The highest BCUT2D eigenvalue weighted by Crippen LogP contribution is 2.12. The number of rotatable bonds is 7. The molecule has 0 bridgehead atoms. The van der Waals surface area contributed by atoms with Crippen molar-refractivity contribution in [3.8, 4) is 0 Å². The minimum Gasteiger partial charge on any atom is -0.347 e. The van der Waals surface area contributed by atoms with Crippen LogP contribution in [-0.4, -0.2) is 49.4 Å². The molecule has 1 aliphatic rings. The molecule has 2 amide bonds. The van der Waals surface area contributed by atoms with Gasteiger partial charge in [0.2, 0.25) is 11.8 Å². The van der Waals surface area contributed by atoms with Crippen molar-refractivity contribution in [2.24, 2.45) is 5.92 Å². The zero-order chi connectivity index (χ0) is 15.8. The van der Waals surface area contributed by atoms with E-state index in [0.717, 1.165) is 19.4 Å². The molecule has 2 N–H and O–H groups in total. The SMILES string of the molecule is CC(C)CC(NC(=O)CCC1CCCCN1)C(=O)N(C)C. The Morgan fingerprint density at radius 1 is 1.29 bits per heavy atom. The molecule has 1 rings (SSSR count). The second kappa shape index (κ2) is 9.03. The van der Waals surface area contributed by atoms with Crippen LogP contribution in [0.2, 0.25) is 0 Å². The summed E-state index contributed by atoms with van der Waals surface area (Å²) in [5.41, 5.74) is 0. The molecule has 0 aromatic carbocycles. The van der Waals surface area contributed by atoms with E-state index in [9.17, 15) is 9.59 Å². The molecule has 0 saturated carbocycles. The molecule has 2 unspecified atom stereocenters. The van der Waals surface area contributed by atoms with E-state index in [2.05, 4.69) is 24.5 Å². The average molecular weight is 297 g/mol. The van der Waals surface area contributed by atoms with Crippen molar-refractivity contribution < 1.29 is 9.59 Å². The minimum atomic E-state index is -0.396. The van der Waals surface area contributed by atoms with Crippen LogP contribution in [0.3, 0.4) is 0 Å². The number of piperidine rings is 1. The first kappa shape index (κ1) is 18.0. The summed E-state index contributed by atoms with van der Waals surface area (Å²) in [7, 11) is 3.46. The van der Waals surface area contributed by atoms with Gasteiger partial charge in [-0.15, -0.1) is 0 Å². The van der Waals surface area contributed by atoms with Crippen LogP contribution in [0.4, 0.5) is 0 Å². The van der Waals surface area contributed by atoms with E-state index in [1.165, 1.54) is 12.8 Å². The Kier molecular flexibility index (Phi) is 7.72. The summed E-state index contributed by atoms with van der Waals surface area (Å²) in [6, 6.07) is 0.0596. The van der Waals surface area contributed by atoms with Gasteiger partial charge in [0.15, 0.2) is 0 Å². The van der Waals surface area contributed by atoms with E-state index in [-0.39, 0.29) is 11.8 Å². The maximum atomic E-state index is 12.1. The Morgan fingerprint density at radius 2 is 2.00 bits per heavy atom. The number of carbonyl (C=O) groups excluding carboxylic acids is 2. The fourth-order valence-corrected chi connectivity index (χ4v) is 2.75. The minimum absolute atomic E-state index is 0.0109. The Labute approximate surface area is 128 Å². The molecule has 2 atom stereocenters. The summed E-state index contributed by atoms with van der Waals surface area (Å²) in [5.74, 6) is 0.343. The lowest BCUT2D eigenvalue weighted by Crippen LogP contribution is -2.47. The van der Waals surface area contributed by atoms with Gasteiger partial charge in [-0.25, -0.2) is 0 Å². The van der Waals surface area contributed by atoms with E-state index in [0.29, 0.717) is 24.8 Å². The summed E-state index contributed by atoms with van der Waals surface area (Å²) >= 11 is 0. The Bertz CT molecular complexity index is 336. The first-order valence-electron chi connectivity index (χ1n) is 8.14. The molecule has 0 radical (unpaired) electrons. The maximum Gasteiger partial charge on any atom is 0.244 e. The molecule has 122 valence electrons. The van der Waals surface area contributed by atoms with Crippen molar-refractivity contribution in [3.63, 3.8) is 0 Å². The third-order valence-corrected chi connectivity index (χ3v) is 3.91. The van der Waals surface area contributed by atoms with Gasteiger partial charge in [-0.05, 0) is 38.1 Å². The molecular formula is C16H31N3O2. The second-order valence-electron chi connectivity index (χ2n) is 6.67. The van der Waals surface area contributed by atoms with Crippen LogP contribution in [0.15, 0.2) is 0 Å². The smallest absolute Gasteiger partial charge is 0.244 e. The summed E-state index contributed by atoms with van der Waals surface area (Å²) < 4.78 is 0. The first-order valence-corrected chi connectivity index (χ1v) is 8.14. The van der Waals surface area contributed by atoms with Gasteiger partial charge < -0.3 is 15.5 Å². The highest BCUT2D eigenvalue weighted by Gasteiger charge is 2.23. The number of hydrogen-bond acceptors (Lipinski definition) is 3. The summed E-state index contributed by atoms with van der Waals surface area (Å²) in [4.78, 5) is 25.8. The molecule has 5 heteroatoms. The summed E-state index contributed by atoms with van der Waals surface area (Å²) in [6.45, 7) is 5.18. The monoisotopic (exact) mass is 297 g/mol. The summed E-state index contributed by atoms with van der Waals surface area (Å²) in [6.07, 6.45) is 5.66. The van der Waals surface area contributed by atoms with Crippen LogP contribution in [-0.2, 0) is 9.59 Å². The van der Waals surface area contributed by atoms with Crippen molar-refractivity contribution in [3.05, 3.63) is 0 Å². The van der Waals surface area contributed by atoms with Gasteiger partial charge in [0, 0.05) is 26.6 Å². The third kappa shape index (κ3) is 6.93. The van der Waals surface area contributed by atoms with Crippen molar-refractivity contribution in [1.82, 2.24) is 15.5 Å². The van der Waals surface area contributed by atoms with Gasteiger partial charge >= 0.3 is 0 Å². The zero-order valence-electron chi connectivity index (χ0n) is 13.9. The molecule has 0 spiro atoms. The van der Waals surface area contributed by atoms with Gasteiger partial charge in [0.05, 0.1) is 0 Å². The molecule has 0 aromatic rings. The predicted octanol–water partition coefficient (Wildman–Crippen LogP) is 1.53. The molecule has 0 aromatic heterocycles. The van der Waals surface area contributed by atoms with Crippen molar-refractivity contribution in [2.45, 2.75) is 64.5 Å². The number of likely N-dealkylation sites (N-methyl/N-ethyl adjacent to an activating group) is 1. The van der Waals surface area contributed by atoms with E-state index in [1.54, 1.807) is 19.0 Å². The number of nitrogens with zero attached hydrogens (tertiary/aromatic N) is 1. The van der Waals surface area contributed by atoms with Crippen LogP contribution >= 0.6 is 0 Å². The van der Waals surface area contributed by atoms with Crippen molar-refractivity contribution in [2.75, 3.05) is 20.6 Å². The van der Waals surface area contributed by atoms with Gasteiger partial charge in [-0.2, -0.15) is 0 Å². The lowest BCUT2D eigenvalue weighted by molar-refractivity contribution is -0.134. The number of carbonyl (C=O) groups is 2. The fourth-order valence-electron chi connectivity index (χ4n) is 2.75. The summed E-state index contributed by atoms with van der Waals surface area (Å²) in [5, 5.41) is 6.36. The first-order chi connectivity index (χ1) is 9.90. The number of nitrogens with one attached hydrogen (secondary N) is 2. The van der Waals surface area contributed by atoms with E-state index >= 15 is 0 Å². The zero-order valence-corrected chi connectivity index (χ0v) is 13.9. The van der Waals surface area contributed by atoms with Crippen LogP contribution in [0, 0.1) is 5.92 Å². The van der Waals surface area contributed by atoms with Gasteiger partial charge in [0.1, 0.15) is 6.04 Å². The topological polar surface area (TPSA) is 61.4 Å². The van der Waals surface area contributed by atoms with Gasteiger partial charge in [0.25, 0.3) is 0 Å². The number of hydrogen-bond donors (Lipinski definition) is 2. The standard InChI is InChI=1S/C16H31N3O2/c1-12(2)11-14(16(21)19(3)4)18-15(20)9-8-13-7-5-6-10-17-13/h12-14,17H,5-11H2,1-4H3,(H,18,20). The van der Waals surface area contributed by atoms with Crippen LogP contribution in [0.1, 0.15) is 52.4 Å². The Balaban J connectivity index is 2.41. The van der Waals surface area contributed by atoms with Crippen LogP contribution in [0.5, 0.6) is 0 Å². The molecular weight excluding hydrogens is 266 g/mol. The normalized spacial score (nSPS) is 20.1. The Hall–Kier alpha value is -1.10. The largest absolute Gasteiger partial charge is 0.347 e. The lowest BCUT2D eigenvalue weighted by Gasteiger charge is -2.25. The molecule has 1 saturated heterocycles. The molecule has 1 heterocycles. The van der Waals surface area contributed by atoms with Crippen molar-refractivity contribution in [1.29, 1.82) is 0 Å². The Morgan fingerprint density at radius 3 is 2.52 bits per heavy atom.